The summed E-state index contributed by atoms with van der Waals surface area (Å²) in [5.74, 6) is -0.103. The first-order chi connectivity index (χ1) is 16.4. The van der Waals surface area contributed by atoms with Crippen molar-refractivity contribution < 1.29 is 27.5 Å². The van der Waals surface area contributed by atoms with E-state index in [9.17, 15) is 18.0 Å². The fourth-order valence-electron chi connectivity index (χ4n) is 4.37. The molecule has 9 nitrogen and oxygen atoms in total. The van der Waals surface area contributed by atoms with Gasteiger partial charge in [0.1, 0.15) is 10.6 Å². The minimum atomic E-state index is -3.96. The minimum Gasteiger partial charge on any atom is -0.495 e. The molecule has 10 heteroatoms. The first-order valence-corrected chi connectivity index (χ1v) is 12.8. The van der Waals surface area contributed by atoms with Crippen LogP contribution in [0.2, 0.25) is 0 Å². The summed E-state index contributed by atoms with van der Waals surface area (Å²) in [5.41, 5.74) is 1.89. The fourth-order valence-corrected chi connectivity index (χ4v) is 6.09. The highest BCUT2D eigenvalue weighted by atomic mass is 32.2. The zero-order chi connectivity index (χ0) is 24.3. The number of fused-ring (bicyclic) bond motifs is 1. The molecular weight excluding hydrogens is 458 g/mol. The summed E-state index contributed by atoms with van der Waals surface area (Å²) in [6.45, 7) is 3.79. The highest BCUT2D eigenvalue weighted by Crippen LogP contribution is 2.35. The maximum absolute atomic E-state index is 13.7. The molecule has 2 aliphatic rings. The second-order valence-corrected chi connectivity index (χ2v) is 9.98. The molecule has 0 unspecified atom stereocenters. The normalized spacial score (nSPS) is 16.1. The van der Waals surface area contributed by atoms with E-state index in [-0.39, 0.29) is 22.1 Å². The molecule has 0 spiro atoms. The van der Waals surface area contributed by atoms with Gasteiger partial charge in [-0.15, -0.1) is 0 Å². The molecule has 2 aromatic carbocycles. The molecule has 0 N–H and O–H groups in total. The van der Waals surface area contributed by atoms with Crippen LogP contribution >= 0.6 is 0 Å². The van der Waals surface area contributed by atoms with Crippen molar-refractivity contribution in [3.05, 3.63) is 53.6 Å². The molecule has 0 bridgehead atoms. The Balaban J connectivity index is 1.60. The number of methoxy groups -OCH3 is 1. The third-order valence-electron chi connectivity index (χ3n) is 6.14. The summed E-state index contributed by atoms with van der Waals surface area (Å²) < 4.78 is 39.2. The number of benzene rings is 2. The number of hydrogen-bond donors (Lipinski definition) is 0. The van der Waals surface area contributed by atoms with Crippen LogP contribution < -0.4 is 9.04 Å². The maximum Gasteiger partial charge on any atom is 0.409 e. The van der Waals surface area contributed by atoms with Crippen LogP contribution in [0.15, 0.2) is 47.4 Å². The van der Waals surface area contributed by atoms with Gasteiger partial charge in [-0.05, 0) is 49.6 Å². The molecule has 1 fully saturated rings. The van der Waals surface area contributed by atoms with Gasteiger partial charge in [-0.1, -0.05) is 18.2 Å². The van der Waals surface area contributed by atoms with E-state index in [1.54, 1.807) is 28.9 Å². The quantitative estimate of drug-likeness (QED) is 0.644. The van der Waals surface area contributed by atoms with Crippen LogP contribution in [-0.2, 0) is 21.2 Å². The summed E-state index contributed by atoms with van der Waals surface area (Å²) in [7, 11) is -2.55. The number of ether oxygens (including phenoxy) is 2. The number of nitrogens with zero attached hydrogens (tertiary/aromatic N) is 3. The van der Waals surface area contributed by atoms with E-state index in [0.717, 1.165) is 12.0 Å². The van der Waals surface area contributed by atoms with Crippen LogP contribution in [0, 0.1) is 0 Å². The number of rotatable bonds is 5. The van der Waals surface area contributed by atoms with Crippen molar-refractivity contribution in [1.29, 1.82) is 0 Å². The molecule has 2 aliphatic heterocycles. The molecule has 0 aromatic heterocycles. The maximum atomic E-state index is 13.7. The Labute approximate surface area is 199 Å². The van der Waals surface area contributed by atoms with Gasteiger partial charge in [-0.2, -0.15) is 0 Å². The van der Waals surface area contributed by atoms with E-state index >= 15 is 0 Å². The topological polar surface area (TPSA) is 96.5 Å². The van der Waals surface area contributed by atoms with Gasteiger partial charge in [0.05, 0.1) is 19.4 Å². The number of para-hydroxylation sites is 1. The molecule has 0 aliphatic carbocycles. The van der Waals surface area contributed by atoms with Gasteiger partial charge in [0, 0.05) is 38.3 Å². The number of hydrogen-bond acceptors (Lipinski definition) is 6. The van der Waals surface area contributed by atoms with Crippen molar-refractivity contribution in [2.45, 2.75) is 24.7 Å². The second-order valence-electron chi connectivity index (χ2n) is 8.15. The Hall–Kier alpha value is -3.27. The van der Waals surface area contributed by atoms with E-state index in [1.807, 2.05) is 18.2 Å². The zero-order valence-corrected chi connectivity index (χ0v) is 20.2. The Morgan fingerprint density at radius 2 is 1.68 bits per heavy atom. The van der Waals surface area contributed by atoms with Crippen LogP contribution in [0.4, 0.5) is 10.5 Å². The Morgan fingerprint density at radius 1 is 0.971 bits per heavy atom. The number of amides is 2. The van der Waals surface area contributed by atoms with Gasteiger partial charge < -0.3 is 19.3 Å². The van der Waals surface area contributed by atoms with Crippen molar-refractivity contribution in [3.8, 4) is 5.75 Å². The third-order valence-corrected chi connectivity index (χ3v) is 7.97. The van der Waals surface area contributed by atoms with Crippen LogP contribution in [0.25, 0.3) is 0 Å². The molecule has 0 radical (unpaired) electrons. The third kappa shape index (κ3) is 4.54. The van der Waals surface area contributed by atoms with Gasteiger partial charge in [0.2, 0.25) is 0 Å². The van der Waals surface area contributed by atoms with Crippen molar-refractivity contribution in [2.24, 2.45) is 0 Å². The van der Waals surface area contributed by atoms with E-state index in [2.05, 4.69) is 0 Å². The first kappa shape index (κ1) is 23.9. The van der Waals surface area contributed by atoms with Crippen molar-refractivity contribution in [2.75, 3.05) is 50.7 Å². The molecule has 2 amide bonds. The van der Waals surface area contributed by atoms with E-state index in [1.165, 1.54) is 23.5 Å². The highest BCUT2D eigenvalue weighted by Gasteiger charge is 2.33. The largest absolute Gasteiger partial charge is 0.495 e. The van der Waals surface area contributed by atoms with Crippen molar-refractivity contribution >= 4 is 27.7 Å². The molecule has 0 atom stereocenters. The monoisotopic (exact) mass is 487 g/mol. The summed E-state index contributed by atoms with van der Waals surface area (Å²) in [5, 5.41) is 0. The number of carbonyl (C=O) groups excluding carboxylic acids is 2. The highest BCUT2D eigenvalue weighted by molar-refractivity contribution is 7.93. The average Bonchev–Trinajstić information content (AvgIpc) is 2.87. The SMILES string of the molecule is CCOC(=O)N1CCN(C(=O)c2ccc(OC)c(S(=O)(=O)N3CCCc4ccccc43)c2)CC1. The fraction of sp³-hybridized carbons (Fsp3) is 0.417. The smallest absolute Gasteiger partial charge is 0.409 e. The lowest BCUT2D eigenvalue weighted by Crippen LogP contribution is -2.50. The van der Waals surface area contributed by atoms with Gasteiger partial charge in [-0.25, -0.2) is 13.2 Å². The molecule has 2 aromatic rings. The van der Waals surface area contributed by atoms with Crippen LogP contribution in [0.5, 0.6) is 5.75 Å². The minimum absolute atomic E-state index is 0.0392. The number of anilines is 1. The Bertz CT molecular complexity index is 1170. The lowest BCUT2D eigenvalue weighted by atomic mass is 10.0. The predicted molar refractivity (Wildman–Crippen MR) is 127 cm³/mol. The Morgan fingerprint density at radius 3 is 2.38 bits per heavy atom. The number of sulfonamides is 1. The Kier molecular flexibility index (Phi) is 6.97. The molecule has 182 valence electrons. The van der Waals surface area contributed by atoms with Gasteiger partial charge in [-0.3, -0.25) is 9.10 Å². The number of carbonyl (C=O) groups is 2. The molecule has 4 rings (SSSR count). The lowest BCUT2D eigenvalue weighted by molar-refractivity contribution is 0.0570. The molecule has 2 heterocycles. The summed E-state index contributed by atoms with van der Waals surface area (Å²) >= 11 is 0. The van der Waals surface area contributed by atoms with Crippen LogP contribution in [0.3, 0.4) is 0 Å². The van der Waals surface area contributed by atoms with Gasteiger partial charge >= 0.3 is 6.09 Å². The van der Waals surface area contributed by atoms with Gasteiger partial charge in [0.25, 0.3) is 15.9 Å². The average molecular weight is 488 g/mol. The second kappa shape index (κ2) is 9.92. The van der Waals surface area contributed by atoms with Crippen molar-refractivity contribution in [3.63, 3.8) is 0 Å². The molecular formula is C24H29N3O6S. The molecule has 1 saturated heterocycles. The standard InChI is InChI=1S/C24H29N3O6S/c1-3-33-24(29)26-15-13-25(14-16-26)23(28)19-10-11-21(32-2)22(17-19)34(30,31)27-12-6-8-18-7-4-5-9-20(18)27/h4-5,7,9-11,17H,3,6,8,12-16H2,1-2H3. The van der Waals surface area contributed by atoms with Crippen LogP contribution in [-0.4, -0.2) is 76.7 Å². The van der Waals surface area contributed by atoms with Crippen molar-refractivity contribution in [1.82, 2.24) is 9.80 Å². The zero-order valence-electron chi connectivity index (χ0n) is 19.4. The number of aryl methyl sites for hydroxylation is 1. The molecule has 34 heavy (non-hydrogen) atoms. The molecule has 0 saturated carbocycles. The van der Waals surface area contributed by atoms with Crippen LogP contribution in [0.1, 0.15) is 29.3 Å². The number of piperazine rings is 1. The lowest BCUT2D eigenvalue weighted by Gasteiger charge is -2.34. The van der Waals surface area contributed by atoms with E-state index in [4.69, 9.17) is 9.47 Å². The summed E-state index contributed by atoms with van der Waals surface area (Å²) in [6, 6.07) is 11.9. The van der Waals surface area contributed by atoms with E-state index < -0.39 is 16.1 Å². The summed E-state index contributed by atoms with van der Waals surface area (Å²) in [4.78, 5) is 28.3. The predicted octanol–water partition coefficient (Wildman–Crippen LogP) is 2.75. The van der Waals surface area contributed by atoms with E-state index in [0.29, 0.717) is 51.4 Å². The summed E-state index contributed by atoms with van der Waals surface area (Å²) in [6.07, 6.45) is 1.13. The first-order valence-electron chi connectivity index (χ1n) is 11.4. The van der Waals surface area contributed by atoms with Gasteiger partial charge in [0.15, 0.2) is 0 Å².